The van der Waals surface area contributed by atoms with Crippen LogP contribution >= 0.6 is 24.8 Å². The number of piperidine rings is 1. The van der Waals surface area contributed by atoms with Gasteiger partial charge in [0, 0.05) is 24.8 Å². The fourth-order valence-electron chi connectivity index (χ4n) is 4.60. The average Bonchev–Trinajstić information content (AvgIpc) is 3.44. The highest BCUT2D eigenvalue weighted by Crippen LogP contribution is 2.44. The summed E-state index contributed by atoms with van der Waals surface area (Å²) in [7, 11) is 0. The molecule has 2 heterocycles. The van der Waals surface area contributed by atoms with Crippen LogP contribution in [0.15, 0.2) is 24.4 Å². The summed E-state index contributed by atoms with van der Waals surface area (Å²) >= 11 is 0. The Morgan fingerprint density at radius 1 is 1.15 bits per heavy atom. The molecule has 0 spiro atoms. The van der Waals surface area contributed by atoms with Gasteiger partial charge in [-0.3, -0.25) is 14.7 Å². The smallest absolute Gasteiger partial charge is 0.226 e. The Balaban J connectivity index is 0.00000131. The normalized spacial score (nSPS) is 27.7. The van der Waals surface area contributed by atoms with Gasteiger partial charge in [-0.2, -0.15) is 0 Å². The number of nitrogens with zero attached hydrogens (tertiary/aromatic N) is 2. The van der Waals surface area contributed by atoms with Crippen LogP contribution in [-0.4, -0.2) is 41.0 Å². The second-order valence-corrected chi connectivity index (χ2v) is 8.13. The van der Waals surface area contributed by atoms with Crippen molar-refractivity contribution < 1.29 is 4.79 Å². The number of carbonyl (C=O) groups is 1. The number of rotatable bonds is 4. The minimum Gasteiger partial charge on any atom is -0.345 e. The number of carbonyl (C=O) groups excluding carboxylic acids is 1. The average molecular weight is 415 g/mol. The molecule has 3 fully saturated rings. The monoisotopic (exact) mass is 414 g/mol. The third-order valence-electron chi connectivity index (χ3n) is 6.39. The largest absolute Gasteiger partial charge is 0.345 e. The third kappa shape index (κ3) is 4.94. The quantitative estimate of drug-likeness (QED) is 0.793. The van der Waals surface area contributed by atoms with Gasteiger partial charge < -0.3 is 11.1 Å². The SMILES string of the molecule is Cl.Cl.N[C@@H]1CCN(C2CCCCC2)C[C@H]1C(=O)NC1(c2ccccn2)CC1. The standard InChI is InChI=1S/C20H30N4O.2ClH/c21-17-9-13-24(15-6-2-1-3-7-15)14-16(17)19(25)23-20(10-11-20)18-8-4-5-12-22-18;;/h4-5,8,12,15-17H,1-3,6-7,9-11,13-14,21H2,(H,23,25);2*1H/t16-,17-;;/m1../s1. The molecule has 1 aliphatic heterocycles. The Hall–Kier alpha value is -0.880. The first-order valence-corrected chi connectivity index (χ1v) is 9.91. The number of halogens is 2. The number of aromatic nitrogens is 1. The van der Waals surface area contributed by atoms with Gasteiger partial charge in [-0.1, -0.05) is 25.3 Å². The molecular formula is C20H32Cl2N4O. The van der Waals surface area contributed by atoms with Gasteiger partial charge in [-0.15, -0.1) is 24.8 Å². The molecule has 1 saturated heterocycles. The molecule has 1 aromatic heterocycles. The van der Waals surface area contributed by atoms with Crippen molar-refractivity contribution in [1.82, 2.24) is 15.2 Å². The van der Waals surface area contributed by atoms with Crippen molar-refractivity contribution in [2.75, 3.05) is 13.1 Å². The number of nitrogens with two attached hydrogens (primary N) is 1. The maximum atomic E-state index is 13.0. The van der Waals surface area contributed by atoms with Crippen LogP contribution in [0, 0.1) is 5.92 Å². The summed E-state index contributed by atoms with van der Waals surface area (Å²) in [5, 5.41) is 3.30. The van der Waals surface area contributed by atoms with Crippen LogP contribution in [-0.2, 0) is 10.3 Å². The molecule has 0 unspecified atom stereocenters. The summed E-state index contributed by atoms with van der Waals surface area (Å²) in [5.74, 6) is 0.0213. The molecule has 2 aliphatic carbocycles. The van der Waals surface area contributed by atoms with Crippen LogP contribution in [0.25, 0.3) is 0 Å². The predicted molar refractivity (Wildman–Crippen MR) is 112 cm³/mol. The Morgan fingerprint density at radius 2 is 1.89 bits per heavy atom. The molecule has 3 aliphatic rings. The van der Waals surface area contributed by atoms with Crippen LogP contribution in [0.2, 0.25) is 0 Å². The summed E-state index contributed by atoms with van der Waals surface area (Å²) in [6, 6.07) is 6.55. The van der Waals surface area contributed by atoms with E-state index >= 15 is 0 Å². The topological polar surface area (TPSA) is 71.2 Å². The molecule has 3 N–H and O–H groups in total. The second-order valence-electron chi connectivity index (χ2n) is 8.13. The zero-order chi connectivity index (χ0) is 17.3. The lowest BCUT2D eigenvalue weighted by Crippen LogP contribution is -2.56. The van der Waals surface area contributed by atoms with Crippen molar-refractivity contribution in [3.8, 4) is 0 Å². The number of likely N-dealkylation sites (tertiary alicyclic amines) is 1. The van der Waals surface area contributed by atoms with Gasteiger partial charge in [-0.05, 0) is 50.8 Å². The molecule has 7 heteroatoms. The van der Waals surface area contributed by atoms with Gasteiger partial charge in [0.25, 0.3) is 0 Å². The van der Waals surface area contributed by atoms with E-state index in [1.54, 1.807) is 6.20 Å². The van der Waals surface area contributed by atoms with Crippen molar-refractivity contribution in [3.63, 3.8) is 0 Å². The van der Waals surface area contributed by atoms with Gasteiger partial charge >= 0.3 is 0 Å². The minimum absolute atomic E-state index is 0. The Kier molecular flexibility index (Phi) is 7.93. The van der Waals surface area contributed by atoms with E-state index in [1.165, 1.54) is 32.1 Å². The maximum absolute atomic E-state index is 13.0. The van der Waals surface area contributed by atoms with Crippen LogP contribution in [0.3, 0.4) is 0 Å². The van der Waals surface area contributed by atoms with Crippen LogP contribution in [0.5, 0.6) is 0 Å². The predicted octanol–water partition coefficient (Wildman–Crippen LogP) is 3.01. The fraction of sp³-hybridized carbons (Fsp3) is 0.700. The van der Waals surface area contributed by atoms with Crippen LogP contribution in [0.1, 0.15) is 57.1 Å². The van der Waals surface area contributed by atoms with E-state index in [0.29, 0.717) is 6.04 Å². The number of nitrogens with one attached hydrogen (secondary N) is 1. The summed E-state index contributed by atoms with van der Waals surface area (Å²) < 4.78 is 0. The third-order valence-corrected chi connectivity index (χ3v) is 6.39. The molecule has 152 valence electrons. The summed E-state index contributed by atoms with van der Waals surface area (Å²) in [6.45, 7) is 1.86. The lowest BCUT2D eigenvalue weighted by atomic mass is 9.87. The van der Waals surface area contributed by atoms with Gasteiger partial charge in [-0.25, -0.2) is 0 Å². The number of hydrogen-bond acceptors (Lipinski definition) is 4. The van der Waals surface area contributed by atoms with E-state index in [1.807, 2.05) is 18.2 Å². The number of hydrogen-bond donors (Lipinski definition) is 2. The first-order valence-electron chi connectivity index (χ1n) is 9.91. The van der Waals surface area contributed by atoms with Gasteiger partial charge in [0.05, 0.1) is 17.2 Å². The maximum Gasteiger partial charge on any atom is 0.226 e. The fourth-order valence-corrected chi connectivity index (χ4v) is 4.60. The molecule has 5 nitrogen and oxygen atoms in total. The van der Waals surface area contributed by atoms with E-state index in [-0.39, 0.29) is 48.2 Å². The molecule has 2 atom stereocenters. The molecule has 0 aromatic carbocycles. The number of amides is 1. The highest BCUT2D eigenvalue weighted by Gasteiger charge is 2.48. The zero-order valence-electron chi connectivity index (χ0n) is 15.8. The lowest BCUT2D eigenvalue weighted by Gasteiger charge is -2.42. The molecule has 0 radical (unpaired) electrons. The minimum atomic E-state index is -0.245. The molecule has 27 heavy (non-hydrogen) atoms. The molecule has 4 rings (SSSR count). The van der Waals surface area contributed by atoms with Crippen molar-refractivity contribution in [3.05, 3.63) is 30.1 Å². The van der Waals surface area contributed by atoms with Crippen molar-refractivity contribution in [2.24, 2.45) is 11.7 Å². The highest BCUT2D eigenvalue weighted by molar-refractivity contribution is 5.85. The highest BCUT2D eigenvalue weighted by atomic mass is 35.5. The van der Waals surface area contributed by atoms with Crippen LogP contribution < -0.4 is 11.1 Å². The summed E-state index contributed by atoms with van der Waals surface area (Å²) in [4.78, 5) is 20.0. The van der Waals surface area contributed by atoms with E-state index < -0.39 is 0 Å². The first-order chi connectivity index (χ1) is 12.2. The van der Waals surface area contributed by atoms with E-state index in [9.17, 15) is 4.79 Å². The first kappa shape index (κ1) is 22.4. The zero-order valence-corrected chi connectivity index (χ0v) is 17.4. The molecule has 1 aromatic rings. The van der Waals surface area contributed by atoms with Crippen LogP contribution in [0.4, 0.5) is 0 Å². The van der Waals surface area contributed by atoms with Crippen molar-refractivity contribution in [1.29, 1.82) is 0 Å². The molecule has 0 bridgehead atoms. The van der Waals surface area contributed by atoms with E-state index in [2.05, 4.69) is 15.2 Å². The Bertz CT molecular complexity index is 605. The molecule has 1 amide bonds. The van der Waals surface area contributed by atoms with E-state index in [0.717, 1.165) is 38.0 Å². The number of pyridine rings is 1. The summed E-state index contributed by atoms with van der Waals surface area (Å²) in [6.07, 6.45) is 11.3. The second kappa shape index (κ2) is 9.55. The Labute approximate surface area is 174 Å². The molecular weight excluding hydrogens is 383 g/mol. The van der Waals surface area contributed by atoms with Crippen molar-refractivity contribution >= 4 is 30.7 Å². The van der Waals surface area contributed by atoms with Gasteiger partial charge in [0.2, 0.25) is 5.91 Å². The lowest BCUT2D eigenvalue weighted by molar-refractivity contribution is -0.129. The summed E-state index contributed by atoms with van der Waals surface area (Å²) in [5.41, 5.74) is 7.08. The van der Waals surface area contributed by atoms with Gasteiger partial charge in [0.1, 0.15) is 0 Å². The van der Waals surface area contributed by atoms with E-state index in [4.69, 9.17) is 5.73 Å². The van der Waals surface area contributed by atoms with Crippen molar-refractivity contribution in [2.45, 2.75) is 69.0 Å². The Morgan fingerprint density at radius 3 is 2.52 bits per heavy atom. The molecule has 2 saturated carbocycles. The van der Waals surface area contributed by atoms with Gasteiger partial charge in [0.15, 0.2) is 0 Å².